The standard InChI is InChI=1S/C16H9F19N2O2S3/c17-8(18,2-3-39-5(38)1-4-41-7-37-36-6(40)42-7)10(20,21)12(24,25)14(28,29)13(26,27)11(22,23)9(19,15(30,31)32)16(33,34)35/h1-4H2,(H,36,40). The molecule has 0 spiro atoms. The zero-order valence-corrected chi connectivity index (χ0v) is 21.5. The maximum absolute atomic E-state index is 13.8. The van der Waals surface area contributed by atoms with Crippen LogP contribution in [-0.4, -0.2) is 82.1 Å². The van der Waals surface area contributed by atoms with Crippen LogP contribution in [0.4, 0.5) is 83.4 Å². The Balaban J connectivity index is 3.21. The molecule has 4 nitrogen and oxygen atoms in total. The molecule has 42 heavy (non-hydrogen) atoms. The van der Waals surface area contributed by atoms with Gasteiger partial charge in [0, 0.05) is 5.75 Å². The summed E-state index contributed by atoms with van der Waals surface area (Å²) in [5.41, 5.74) is -8.79. The van der Waals surface area contributed by atoms with Gasteiger partial charge in [0.15, 0.2) is 8.68 Å². The second-order valence-corrected chi connectivity index (χ2v) is 10.7. The van der Waals surface area contributed by atoms with Gasteiger partial charge in [-0.1, -0.05) is 23.1 Å². The van der Waals surface area contributed by atoms with E-state index in [-0.39, 0.29) is 14.4 Å². The van der Waals surface area contributed by atoms with Gasteiger partial charge >= 0.3 is 59.5 Å². The third-order valence-electron chi connectivity index (χ3n) is 4.86. The van der Waals surface area contributed by atoms with E-state index in [1.807, 2.05) is 0 Å². The molecule has 1 aromatic rings. The highest BCUT2D eigenvalue weighted by Gasteiger charge is 2.98. The molecule has 0 fully saturated rings. The van der Waals surface area contributed by atoms with E-state index in [1.165, 1.54) is 0 Å². The second kappa shape index (κ2) is 11.7. The molecule has 26 heteroatoms. The molecule has 0 aliphatic heterocycles. The molecule has 0 amide bonds. The molecule has 246 valence electrons. The molecular formula is C16H9F19N2O2S3. The average molecular weight is 718 g/mol. The molecule has 0 unspecified atom stereocenters. The fourth-order valence-electron chi connectivity index (χ4n) is 2.56. The van der Waals surface area contributed by atoms with Crippen molar-refractivity contribution in [1.82, 2.24) is 10.2 Å². The summed E-state index contributed by atoms with van der Waals surface area (Å²) in [6.45, 7) is -2.07. The van der Waals surface area contributed by atoms with Gasteiger partial charge in [-0.3, -0.25) is 4.79 Å². The predicted molar refractivity (Wildman–Crippen MR) is 104 cm³/mol. The normalized spacial score (nSPS) is 15.2. The van der Waals surface area contributed by atoms with Gasteiger partial charge in [-0.2, -0.15) is 79.0 Å². The molecule has 0 radical (unpaired) electrons. The summed E-state index contributed by atoms with van der Waals surface area (Å²) < 4.78 is 257. The Bertz CT molecular complexity index is 1090. The largest absolute Gasteiger partial charge is 0.465 e. The van der Waals surface area contributed by atoms with Crippen molar-refractivity contribution >= 4 is 41.7 Å². The summed E-state index contributed by atoms with van der Waals surface area (Å²) in [5, 5.41) is 6.93. The lowest BCUT2D eigenvalue weighted by Gasteiger charge is -2.45. The summed E-state index contributed by atoms with van der Waals surface area (Å²) in [7, 11) is 0. The van der Waals surface area contributed by atoms with Crippen molar-refractivity contribution in [1.29, 1.82) is 0 Å². The van der Waals surface area contributed by atoms with E-state index in [1.54, 1.807) is 0 Å². The third-order valence-corrected chi connectivity index (χ3v) is 7.08. The van der Waals surface area contributed by atoms with E-state index in [0.717, 1.165) is 23.1 Å². The van der Waals surface area contributed by atoms with Crippen LogP contribution in [0.1, 0.15) is 12.8 Å². The minimum atomic E-state index is -9.08. The molecule has 1 heterocycles. The van der Waals surface area contributed by atoms with Crippen LogP contribution in [0.15, 0.2) is 8.68 Å². The second-order valence-electron chi connectivity index (χ2n) is 7.65. The Hall–Kier alpha value is -1.60. The number of thioether (sulfide) groups is 1. The fraction of sp³-hybridized carbons (Fsp3) is 0.812. The van der Waals surface area contributed by atoms with Gasteiger partial charge in [0.2, 0.25) is 0 Å². The lowest BCUT2D eigenvalue weighted by molar-refractivity contribution is -0.472. The zero-order valence-electron chi connectivity index (χ0n) is 19.0. The molecular weight excluding hydrogens is 709 g/mol. The van der Waals surface area contributed by atoms with Crippen molar-refractivity contribution < 1.29 is 92.9 Å². The zero-order chi connectivity index (χ0) is 33.6. The Kier molecular flexibility index (Phi) is 10.7. The molecule has 0 aliphatic rings. The number of halogens is 19. The lowest BCUT2D eigenvalue weighted by Crippen LogP contribution is -2.77. The highest BCUT2D eigenvalue weighted by Crippen LogP contribution is 2.66. The number of nitrogens with zero attached hydrogens (tertiary/aromatic N) is 2. The van der Waals surface area contributed by atoms with Crippen LogP contribution in [0.25, 0.3) is 0 Å². The number of hydrogen-bond donors (Lipinski definition) is 1. The van der Waals surface area contributed by atoms with E-state index < -0.39 is 79.0 Å². The van der Waals surface area contributed by atoms with Crippen molar-refractivity contribution in [3.63, 3.8) is 0 Å². The van der Waals surface area contributed by atoms with Crippen LogP contribution in [0.5, 0.6) is 0 Å². The number of hydrogen-bond acceptors (Lipinski definition) is 7. The predicted octanol–water partition coefficient (Wildman–Crippen LogP) is 7.89. The van der Waals surface area contributed by atoms with Gasteiger partial charge in [0.1, 0.15) is 0 Å². The number of alkyl halides is 19. The fourth-order valence-corrected chi connectivity index (χ4v) is 4.63. The molecule has 0 aliphatic carbocycles. The minimum Gasteiger partial charge on any atom is -0.465 e. The van der Waals surface area contributed by atoms with E-state index in [4.69, 9.17) is 0 Å². The van der Waals surface area contributed by atoms with E-state index in [2.05, 4.69) is 27.6 Å². The molecule has 0 N–H and O–H groups in total. The molecule has 1 aromatic heterocycles. The summed E-state index contributed by atoms with van der Waals surface area (Å²) >= 11 is 5.44. The van der Waals surface area contributed by atoms with Crippen LogP contribution >= 0.6 is 35.7 Å². The first-order valence-electron chi connectivity index (χ1n) is 9.77. The van der Waals surface area contributed by atoms with E-state index >= 15 is 0 Å². The summed E-state index contributed by atoms with van der Waals surface area (Å²) in [6, 6.07) is 0. The number of carbonyl (C=O) groups is 1. The lowest BCUT2D eigenvalue weighted by atomic mass is 9.83. The minimum absolute atomic E-state index is 0.164. The van der Waals surface area contributed by atoms with Crippen molar-refractivity contribution in [2.75, 3.05) is 12.4 Å². The van der Waals surface area contributed by atoms with Gasteiger partial charge in [0.25, 0.3) is 0 Å². The Labute approximate surface area is 232 Å². The van der Waals surface area contributed by atoms with Crippen LogP contribution < -0.4 is 0 Å². The number of ether oxygens (including phenoxy) is 1. The third kappa shape index (κ3) is 6.29. The van der Waals surface area contributed by atoms with Crippen molar-refractivity contribution in [3.05, 3.63) is 0 Å². The van der Waals surface area contributed by atoms with Crippen LogP contribution in [0.2, 0.25) is 0 Å². The van der Waals surface area contributed by atoms with Gasteiger partial charge in [0.05, 0.1) is 19.4 Å². The SMILES string of the molecule is O=C(CCSc1nnc(S)s1)OCCC(F)(F)C(F)(F)C(F)(F)C(F)(F)C(F)(F)C(F)(F)C(F)(C(F)(F)F)C(F)(F)F. The van der Waals surface area contributed by atoms with Gasteiger partial charge in [-0.25, -0.2) is 4.39 Å². The van der Waals surface area contributed by atoms with E-state index in [9.17, 15) is 88.2 Å². The van der Waals surface area contributed by atoms with Gasteiger partial charge < -0.3 is 4.74 Å². The molecule has 0 saturated carbocycles. The number of esters is 1. The van der Waals surface area contributed by atoms with E-state index in [0.29, 0.717) is 0 Å². The average Bonchev–Trinajstić information content (AvgIpc) is 3.20. The maximum atomic E-state index is 13.8. The molecule has 0 atom stereocenters. The molecule has 0 bridgehead atoms. The first-order chi connectivity index (χ1) is 18.4. The Morgan fingerprint density at radius 3 is 1.52 bits per heavy atom. The quantitative estimate of drug-likeness (QED) is 0.0974. The first kappa shape index (κ1) is 38.4. The van der Waals surface area contributed by atoms with Gasteiger partial charge in [-0.15, -0.1) is 22.8 Å². The van der Waals surface area contributed by atoms with Crippen LogP contribution in [0.3, 0.4) is 0 Å². The van der Waals surface area contributed by atoms with Crippen molar-refractivity contribution in [2.45, 2.75) is 75.1 Å². The first-order valence-corrected chi connectivity index (χ1v) is 12.0. The molecule has 1 rings (SSSR count). The van der Waals surface area contributed by atoms with Crippen molar-refractivity contribution in [2.24, 2.45) is 0 Å². The topological polar surface area (TPSA) is 52.1 Å². The summed E-state index contributed by atoms with van der Waals surface area (Å²) in [5.74, 6) is -52.2. The molecule has 0 saturated heterocycles. The molecule has 0 aromatic carbocycles. The number of carbonyl (C=O) groups excluding carboxylic acids is 1. The smallest absolute Gasteiger partial charge is 0.438 e. The summed E-state index contributed by atoms with van der Waals surface area (Å²) in [6.07, 6.45) is -20.4. The maximum Gasteiger partial charge on any atom is 0.438 e. The highest BCUT2D eigenvalue weighted by atomic mass is 32.2. The van der Waals surface area contributed by atoms with Crippen molar-refractivity contribution in [3.8, 4) is 0 Å². The highest BCUT2D eigenvalue weighted by molar-refractivity contribution is 8.01. The monoisotopic (exact) mass is 718 g/mol. The summed E-state index contributed by atoms with van der Waals surface area (Å²) in [4.78, 5) is 11.4. The van der Waals surface area contributed by atoms with Crippen LogP contribution in [0, 0.1) is 0 Å². The number of aromatic nitrogens is 2. The number of rotatable bonds is 13. The number of thiol groups is 1. The Morgan fingerprint density at radius 2 is 1.12 bits per heavy atom. The van der Waals surface area contributed by atoms with Gasteiger partial charge in [-0.05, 0) is 0 Å². The van der Waals surface area contributed by atoms with Crippen LogP contribution in [-0.2, 0) is 9.53 Å². The Morgan fingerprint density at radius 1 is 0.690 bits per heavy atom.